The van der Waals surface area contributed by atoms with Crippen molar-refractivity contribution in [3.05, 3.63) is 71.8 Å². The molecular formula is C44H56FeN2P2. The average molecular weight is 731 g/mol. The third kappa shape index (κ3) is 0.755. The molecule has 49 heavy (non-hydrogen) atoms. The van der Waals surface area contributed by atoms with Crippen LogP contribution in [0.5, 0.6) is 0 Å². The summed E-state index contributed by atoms with van der Waals surface area (Å²) >= 11 is 0. The van der Waals surface area contributed by atoms with Crippen LogP contribution in [0, 0.1) is 40.9 Å². The molecule has 0 amide bonds. The molecule has 16 aliphatic rings. The van der Waals surface area contributed by atoms with Crippen LogP contribution in [0.3, 0.4) is 0 Å². The van der Waals surface area contributed by atoms with Gasteiger partial charge in [0.2, 0.25) is 0 Å². The summed E-state index contributed by atoms with van der Waals surface area (Å²) in [5.74, 6) is 5.80. The second kappa shape index (κ2) is 4.71. The number of hydrogen-bond acceptors (Lipinski definition) is 2. The molecule has 12 heterocycles. The molecule has 0 radical (unpaired) electrons. The van der Waals surface area contributed by atoms with Gasteiger partial charge in [0.15, 0.2) is 0 Å². The van der Waals surface area contributed by atoms with E-state index in [2.05, 4.69) is 89.8 Å². The first-order valence-corrected chi connectivity index (χ1v) is 28.5. The van der Waals surface area contributed by atoms with Crippen LogP contribution in [0.15, 0.2) is 60.7 Å². The topological polar surface area (TPSA) is 24.1 Å². The van der Waals surface area contributed by atoms with Crippen LogP contribution < -0.4 is 10.6 Å². The van der Waals surface area contributed by atoms with Gasteiger partial charge in [-0.3, -0.25) is 0 Å². The van der Waals surface area contributed by atoms with Crippen molar-refractivity contribution in [1.29, 1.82) is 0 Å². The fraction of sp³-hybridized carbons (Fsp3) is 0.727. The first-order valence-electron chi connectivity index (χ1n) is 21.1. The van der Waals surface area contributed by atoms with E-state index in [-0.39, 0.29) is 0 Å². The molecule has 2 aromatic carbocycles. The SMILES string of the molecule is PCC1([C]23[C]4(c5ccccc5)[C]5(c6ccccc6)[CH]6[C]2(C(P)(C2CCCNC2)C2CCCNC2)[Fe]65432789[CH]3[CH]2[CH]7[CH]8[CH]39)C2CC3CC(C2)CC1C3. The zero-order valence-electron chi connectivity index (χ0n) is 29.1. The Hall–Kier alpha value is -0.261. The quantitative estimate of drug-likeness (QED) is 0.219. The van der Waals surface area contributed by atoms with Gasteiger partial charge in [0.25, 0.3) is 0 Å². The molecular weight excluding hydrogens is 674 g/mol. The van der Waals surface area contributed by atoms with Crippen molar-refractivity contribution in [3.63, 3.8) is 0 Å². The van der Waals surface area contributed by atoms with Crippen LogP contribution >= 0.6 is 18.5 Å². The number of piperidine rings is 2. The second-order valence-corrected chi connectivity index (χ2v) is 47.1. The molecule has 4 bridgehead atoms. The van der Waals surface area contributed by atoms with Gasteiger partial charge < -0.3 is 0 Å². The normalized spacial score (nSPS) is 74.4. The molecule has 4 saturated carbocycles. The molecule has 12 saturated heterocycles. The summed E-state index contributed by atoms with van der Waals surface area (Å²) in [6.07, 6.45) is 15.2. The monoisotopic (exact) mass is 730 g/mol. The molecule has 2 N–H and O–H groups in total. The van der Waals surface area contributed by atoms with Gasteiger partial charge in [-0.05, 0) is 0 Å². The van der Waals surface area contributed by atoms with E-state index in [1.165, 1.54) is 82.1 Å². The van der Waals surface area contributed by atoms with E-state index in [1.54, 1.807) is 32.1 Å². The Labute approximate surface area is 288 Å². The first kappa shape index (κ1) is 26.5. The van der Waals surface area contributed by atoms with E-state index < -0.39 is 6.51 Å². The van der Waals surface area contributed by atoms with E-state index in [1.807, 2.05) is 11.1 Å². The average Bonchev–Trinajstić information content (AvgIpc) is 4.11. The molecule has 260 valence electrons. The van der Waals surface area contributed by atoms with Crippen molar-refractivity contribution in [2.75, 3.05) is 32.3 Å². The molecule has 9 unspecified atom stereocenters. The van der Waals surface area contributed by atoms with Gasteiger partial charge in [-0.1, -0.05) is 0 Å². The van der Waals surface area contributed by atoms with E-state index in [4.69, 9.17) is 0 Å². The minimum atomic E-state index is -4.75. The van der Waals surface area contributed by atoms with Crippen LogP contribution in [0.4, 0.5) is 0 Å². The van der Waals surface area contributed by atoms with Gasteiger partial charge in [0.05, 0.1) is 0 Å². The van der Waals surface area contributed by atoms with Gasteiger partial charge in [0.1, 0.15) is 0 Å². The number of benzene rings is 2. The molecule has 18 rings (SSSR count). The van der Waals surface area contributed by atoms with Gasteiger partial charge in [-0.25, -0.2) is 0 Å². The van der Waals surface area contributed by atoms with Crippen molar-refractivity contribution in [1.82, 2.24) is 10.6 Å². The molecule has 4 aliphatic carbocycles. The summed E-state index contributed by atoms with van der Waals surface area (Å²) in [7, 11) is 7.79. The van der Waals surface area contributed by atoms with Gasteiger partial charge in [-0.2, -0.15) is 0 Å². The van der Waals surface area contributed by atoms with Crippen LogP contribution in [-0.4, -0.2) is 37.5 Å². The van der Waals surface area contributed by atoms with Crippen LogP contribution in [0.25, 0.3) is 0 Å². The summed E-state index contributed by atoms with van der Waals surface area (Å²) < 4.78 is 2.47. The Morgan fingerprint density at radius 3 is 1.65 bits per heavy atom. The number of nitrogens with one attached hydrogen (secondary N) is 2. The Balaban J connectivity index is 1.09. The fourth-order valence-electron chi connectivity index (χ4n) is 31.4. The van der Waals surface area contributed by atoms with Gasteiger partial charge in [-0.15, -0.1) is 0 Å². The maximum atomic E-state index is 4.12. The fourth-order valence-corrected chi connectivity index (χ4v) is 119. The van der Waals surface area contributed by atoms with E-state index >= 15 is 0 Å². The summed E-state index contributed by atoms with van der Waals surface area (Å²) in [5.41, 5.74) is 4.43. The first-order chi connectivity index (χ1) is 23.9. The molecule has 16 fully saturated rings. The van der Waals surface area contributed by atoms with E-state index in [9.17, 15) is 0 Å². The van der Waals surface area contributed by atoms with Crippen LogP contribution in [0.1, 0.15) is 68.9 Å². The Morgan fingerprint density at radius 1 is 0.694 bits per heavy atom. The van der Waals surface area contributed by atoms with Crippen molar-refractivity contribution in [2.24, 2.45) is 40.9 Å². The number of hydrogen-bond donors (Lipinski definition) is 2. The summed E-state index contributed by atoms with van der Waals surface area (Å²) in [5, 5.41) is 8.63. The predicted octanol–water partition coefficient (Wildman–Crippen LogP) is 9.26. The Kier molecular flexibility index (Phi) is 2.55. The van der Waals surface area contributed by atoms with Gasteiger partial charge in [0, 0.05) is 0 Å². The second-order valence-electron chi connectivity index (χ2n) is 23.2. The molecule has 2 nitrogen and oxygen atoms in total. The minimum absolute atomic E-state index is 0.406. The third-order valence-corrected chi connectivity index (χ3v) is 74.1. The zero-order valence-corrected chi connectivity index (χ0v) is 32.5. The van der Waals surface area contributed by atoms with Gasteiger partial charge >= 0.3 is 290 Å². The molecule has 12 aliphatic heterocycles. The maximum absolute atomic E-state index is 4.75. The van der Waals surface area contributed by atoms with Crippen molar-refractivity contribution in [2.45, 2.75) is 109 Å². The van der Waals surface area contributed by atoms with Crippen molar-refractivity contribution in [3.8, 4) is 0 Å². The molecule has 1 spiro atoms. The van der Waals surface area contributed by atoms with Crippen LogP contribution in [0.2, 0.25) is 37.5 Å². The Morgan fingerprint density at radius 2 is 1.20 bits per heavy atom. The molecule has 5 heteroatoms. The standard InChI is InChI=1S/C39H51N2P2.C5H5.Fe/c42-25-38(32-18-26-17-27(20-32)21-33(38)19-26)37-35(39(43,30-13-7-15-40-23-30)31-14-8-16-41-24-31)22-34(28-9-3-1-4-10-28)36(37)29-11-5-2-6-12-29;1-2-4-5-3-1;/h1-6,9-12,22,26-27,30-33,40-41H,7-8,13-21,23-25,42-43H2;1-5H;. The van der Waals surface area contributed by atoms with Crippen molar-refractivity contribution < 1.29 is 6.51 Å². The summed E-state index contributed by atoms with van der Waals surface area (Å²) in [6, 6.07) is 25.9. The molecule has 9 atom stereocenters. The van der Waals surface area contributed by atoms with Crippen LogP contribution in [-0.2, 0) is 15.1 Å². The predicted molar refractivity (Wildman–Crippen MR) is 202 cm³/mol. The van der Waals surface area contributed by atoms with E-state index in [0.29, 0.717) is 27.8 Å². The summed E-state index contributed by atoms with van der Waals surface area (Å²) in [6.45, 7) is 0.351. The Bertz CT molecular complexity index is 2300. The molecule has 0 aromatic heterocycles. The third-order valence-electron chi connectivity index (χ3n) is 27.7. The van der Waals surface area contributed by atoms with Crippen molar-refractivity contribution >= 4 is 18.5 Å². The number of rotatable bonds is 7. The van der Waals surface area contributed by atoms with E-state index in [0.717, 1.165) is 40.3 Å². The summed E-state index contributed by atoms with van der Waals surface area (Å²) in [4.78, 5) is 7.20. The number of fused-ring (bicyclic) bond motifs is 11. The molecule has 2 aromatic rings. The zero-order chi connectivity index (χ0) is 31.8.